The van der Waals surface area contributed by atoms with Crippen LogP contribution >= 0.6 is 11.6 Å². The highest BCUT2D eigenvalue weighted by atomic mass is 35.5. The van der Waals surface area contributed by atoms with Crippen LogP contribution in [0.1, 0.15) is 10.4 Å². The predicted molar refractivity (Wildman–Crippen MR) is 113 cm³/mol. The molecule has 0 saturated carbocycles. The van der Waals surface area contributed by atoms with E-state index in [1.165, 1.54) is 18.3 Å². The summed E-state index contributed by atoms with van der Waals surface area (Å²) in [5.74, 6) is -2.11. The van der Waals surface area contributed by atoms with E-state index in [1.54, 1.807) is 12.1 Å². The fourth-order valence-corrected chi connectivity index (χ4v) is 5.02. The Morgan fingerprint density at radius 1 is 1.29 bits per heavy atom. The third kappa shape index (κ3) is 4.19. The molecule has 4 rings (SSSR count). The van der Waals surface area contributed by atoms with Crippen LogP contribution in [0.15, 0.2) is 47.5 Å². The first-order valence-electron chi connectivity index (χ1n) is 9.22. The van der Waals surface area contributed by atoms with Crippen LogP contribution in [0.5, 0.6) is 0 Å². The molecule has 1 fully saturated rings. The minimum Gasteiger partial charge on any atom is -0.478 e. The Kier molecular flexibility index (Phi) is 5.80. The molecule has 3 aromatic rings. The number of carbonyl (C=O) groups is 1. The zero-order valence-corrected chi connectivity index (χ0v) is 17.5. The lowest BCUT2D eigenvalue weighted by molar-refractivity contribution is 0.0697. The smallest absolute Gasteiger partial charge is 0.337 e. The Bertz CT molecular complexity index is 1280. The van der Waals surface area contributed by atoms with E-state index < -0.39 is 27.1 Å². The minimum atomic E-state index is -4.03. The largest absolute Gasteiger partial charge is 0.478 e. The van der Waals surface area contributed by atoms with Crippen molar-refractivity contribution in [3.8, 4) is 0 Å². The normalized spacial score (nSPS) is 16.9. The number of anilines is 2. The number of morpholine rings is 1. The van der Waals surface area contributed by atoms with E-state index in [2.05, 4.69) is 15.6 Å². The second kappa shape index (κ2) is 8.39. The van der Waals surface area contributed by atoms with Gasteiger partial charge in [0, 0.05) is 29.7 Å². The molecule has 162 valence electrons. The van der Waals surface area contributed by atoms with Gasteiger partial charge in [-0.3, -0.25) is 4.98 Å². The second-order valence-electron chi connectivity index (χ2n) is 6.83. The van der Waals surface area contributed by atoms with Gasteiger partial charge in [-0.05, 0) is 36.4 Å². The number of ether oxygens (including phenoxy) is 1. The Morgan fingerprint density at radius 3 is 2.81 bits per heavy atom. The van der Waals surface area contributed by atoms with Gasteiger partial charge in [-0.1, -0.05) is 11.6 Å². The fraction of sp³-hybridized carbons (Fsp3) is 0.200. The number of pyridine rings is 1. The highest BCUT2D eigenvalue weighted by molar-refractivity contribution is 7.92. The van der Waals surface area contributed by atoms with E-state index in [-0.39, 0.29) is 35.0 Å². The maximum atomic E-state index is 13.6. The van der Waals surface area contributed by atoms with Crippen molar-refractivity contribution in [1.82, 2.24) is 10.3 Å². The number of carboxylic acids is 1. The molecule has 31 heavy (non-hydrogen) atoms. The average molecular weight is 466 g/mol. The molecule has 0 bridgehead atoms. The number of benzene rings is 2. The molecule has 0 spiro atoms. The number of halogens is 2. The third-order valence-corrected chi connectivity index (χ3v) is 6.97. The van der Waals surface area contributed by atoms with Crippen molar-refractivity contribution in [3.05, 3.63) is 59.0 Å². The summed E-state index contributed by atoms with van der Waals surface area (Å²) in [6.45, 7) is 0.840. The topological polar surface area (TPSA) is 118 Å². The monoisotopic (exact) mass is 465 g/mol. The van der Waals surface area contributed by atoms with Crippen molar-refractivity contribution in [2.24, 2.45) is 0 Å². The zero-order valence-electron chi connectivity index (χ0n) is 15.9. The maximum absolute atomic E-state index is 13.6. The minimum absolute atomic E-state index is 0.0144. The van der Waals surface area contributed by atoms with Gasteiger partial charge in [-0.25, -0.2) is 17.6 Å². The number of aromatic carboxylic acids is 1. The molecule has 1 saturated heterocycles. The van der Waals surface area contributed by atoms with Crippen molar-refractivity contribution in [3.63, 3.8) is 0 Å². The molecule has 1 aromatic heterocycles. The third-order valence-electron chi connectivity index (χ3n) is 4.81. The van der Waals surface area contributed by atoms with Crippen LogP contribution in [-0.4, -0.2) is 49.6 Å². The molecule has 1 aliphatic rings. The Labute approximate surface area is 181 Å². The summed E-state index contributed by atoms with van der Waals surface area (Å²) in [6.07, 6.45) is 1.19. The Hall–Kier alpha value is -2.79. The Morgan fingerprint density at radius 2 is 2.10 bits per heavy atom. The Balaban J connectivity index is 1.93. The van der Waals surface area contributed by atoms with E-state index in [1.807, 2.05) is 0 Å². The van der Waals surface area contributed by atoms with Gasteiger partial charge in [-0.2, -0.15) is 0 Å². The van der Waals surface area contributed by atoms with E-state index >= 15 is 0 Å². The molecule has 11 heteroatoms. The number of nitrogens with zero attached hydrogens (tertiary/aromatic N) is 1. The zero-order chi connectivity index (χ0) is 22.2. The SMILES string of the molecule is O=C(O)c1cc(F)ccc1Nc1c(S(=O)(=O)C2CNCCO2)cnc2ccc(Cl)cc12. The number of nitrogens with one attached hydrogen (secondary N) is 2. The summed E-state index contributed by atoms with van der Waals surface area (Å²) in [4.78, 5) is 15.7. The number of sulfone groups is 1. The van der Waals surface area contributed by atoms with Gasteiger partial charge in [0.15, 0.2) is 5.44 Å². The molecule has 1 aliphatic heterocycles. The molecule has 1 atom stereocenters. The van der Waals surface area contributed by atoms with Gasteiger partial charge >= 0.3 is 5.97 Å². The lowest BCUT2D eigenvalue weighted by atomic mass is 10.1. The van der Waals surface area contributed by atoms with E-state index in [0.717, 1.165) is 12.1 Å². The highest BCUT2D eigenvalue weighted by Gasteiger charge is 2.33. The number of hydrogen-bond donors (Lipinski definition) is 3. The maximum Gasteiger partial charge on any atom is 0.337 e. The summed E-state index contributed by atoms with van der Waals surface area (Å²) in [5, 5.41) is 16.0. The molecule has 0 amide bonds. The first-order valence-corrected chi connectivity index (χ1v) is 11.1. The summed E-state index contributed by atoms with van der Waals surface area (Å²) >= 11 is 6.13. The van der Waals surface area contributed by atoms with E-state index in [0.29, 0.717) is 22.5 Å². The lowest BCUT2D eigenvalue weighted by Gasteiger charge is -2.25. The highest BCUT2D eigenvalue weighted by Crippen LogP contribution is 2.36. The number of carboxylic acid groups (broad SMARTS) is 1. The van der Waals surface area contributed by atoms with E-state index in [4.69, 9.17) is 16.3 Å². The summed E-state index contributed by atoms with van der Waals surface area (Å²) in [5.41, 5.74) is -0.970. The molecule has 8 nitrogen and oxygen atoms in total. The van der Waals surface area contributed by atoms with Crippen LogP contribution in [-0.2, 0) is 14.6 Å². The summed E-state index contributed by atoms with van der Waals surface area (Å²) in [7, 11) is -4.03. The first kappa shape index (κ1) is 21.4. The lowest BCUT2D eigenvalue weighted by Crippen LogP contribution is -2.43. The molecule has 1 unspecified atom stereocenters. The van der Waals surface area contributed by atoms with Crippen molar-refractivity contribution in [2.45, 2.75) is 10.3 Å². The quantitative estimate of drug-likeness (QED) is 0.526. The first-order chi connectivity index (χ1) is 14.8. The van der Waals surface area contributed by atoms with E-state index in [9.17, 15) is 22.7 Å². The molecule has 2 heterocycles. The van der Waals surface area contributed by atoms with Crippen molar-refractivity contribution >= 4 is 49.7 Å². The average Bonchev–Trinajstić information content (AvgIpc) is 2.75. The molecule has 3 N–H and O–H groups in total. The van der Waals surface area contributed by atoms with Gasteiger partial charge in [0.05, 0.1) is 29.1 Å². The van der Waals surface area contributed by atoms with Crippen LogP contribution in [0.3, 0.4) is 0 Å². The van der Waals surface area contributed by atoms with Gasteiger partial charge in [-0.15, -0.1) is 0 Å². The van der Waals surface area contributed by atoms with Crippen molar-refractivity contribution < 1.29 is 27.4 Å². The van der Waals surface area contributed by atoms with Crippen molar-refractivity contribution in [1.29, 1.82) is 0 Å². The van der Waals surface area contributed by atoms with Crippen LogP contribution in [0.25, 0.3) is 10.9 Å². The van der Waals surface area contributed by atoms with Gasteiger partial charge in [0.1, 0.15) is 10.7 Å². The van der Waals surface area contributed by atoms with Crippen LogP contribution in [0.4, 0.5) is 15.8 Å². The van der Waals surface area contributed by atoms with Crippen LogP contribution in [0, 0.1) is 5.82 Å². The van der Waals surface area contributed by atoms with Gasteiger partial charge < -0.3 is 20.5 Å². The predicted octanol–water partition coefficient (Wildman–Crippen LogP) is 3.19. The molecule has 2 aromatic carbocycles. The fourth-order valence-electron chi connectivity index (χ4n) is 3.31. The number of hydrogen-bond acceptors (Lipinski definition) is 7. The summed E-state index contributed by atoms with van der Waals surface area (Å²) in [6, 6.07) is 7.89. The van der Waals surface area contributed by atoms with Crippen molar-refractivity contribution in [2.75, 3.05) is 25.0 Å². The second-order valence-corrected chi connectivity index (χ2v) is 9.32. The van der Waals surface area contributed by atoms with Gasteiger partial charge in [0.25, 0.3) is 0 Å². The van der Waals surface area contributed by atoms with Gasteiger partial charge in [0.2, 0.25) is 9.84 Å². The molecular formula is C20H17ClFN3O5S. The number of aromatic nitrogens is 1. The number of fused-ring (bicyclic) bond motifs is 1. The van der Waals surface area contributed by atoms with Crippen LogP contribution in [0.2, 0.25) is 5.02 Å². The summed E-state index contributed by atoms with van der Waals surface area (Å²) < 4.78 is 45.8. The molecule has 0 aliphatic carbocycles. The number of rotatable bonds is 5. The molecule has 0 radical (unpaired) electrons. The standard InChI is InChI=1S/C20H17ClFN3O5S/c21-11-1-3-15-13(7-11)19(25-16-4-2-12(22)8-14(16)20(26)27)17(9-24-15)31(28,29)18-10-23-5-6-30-18/h1-4,7-9,18,23H,5-6,10H2,(H,24,25)(H,26,27). The van der Waals surface area contributed by atoms with Crippen LogP contribution < -0.4 is 10.6 Å². The molecular weight excluding hydrogens is 449 g/mol.